The van der Waals surface area contributed by atoms with Crippen molar-refractivity contribution >= 4 is 33.8 Å². The number of carbonyl (C=O) groups excluding carboxylic acids is 1. The predicted octanol–water partition coefficient (Wildman–Crippen LogP) is 3.80. The van der Waals surface area contributed by atoms with Gasteiger partial charge in [0.1, 0.15) is 5.75 Å². The molecule has 2 aromatic heterocycles. The number of hydrogen-bond acceptors (Lipinski definition) is 6. The van der Waals surface area contributed by atoms with Gasteiger partial charge in [0.15, 0.2) is 0 Å². The van der Waals surface area contributed by atoms with E-state index in [9.17, 15) is 4.79 Å². The molecule has 1 N–H and O–H groups in total. The molecule has 1 aliphatic rings. The zero-order valence-corrected chi connectivity index (χ0v) is 17.7. The molecular formula is C22H26N4O2S. The molecule has 3 heterocycles. The van der Waals surface area contributed by atoms with Crippen molar-refractivity contribution in [3.05, 3.63) is 46.5 Å². The van der Waals surface area contributed by atoms with E-state index in [1.807, 2.05) is 29.8 Å². The number of aromatic nitrogens is 2. The van der Waals surface area contributed by atoms with Crippen molar-refractivity contribution in [2.75, 3.05) is 25.1 Å². The molecule has 29 heavy (non-hydrogen) atoms. The summed E-state index contributed by atoms with van der Waals surface area (Å²) in [5.74, 6) is 1.02. The van der Waals surface area contributed by atoms with Crippen LogP contribution in [0.15, 0.2) is 35.8 Å². The van der Waals surface area contributed by atoms with Crippen LogP contribution in [0.2, 0.25) is 0 Å². The summed E-state index contributed by atoms with van der Waals surface area (Å²) in [6, 6.07) is 8.01. The fraction of sp³-hybridized carbons (Fsp3) is 0.409. The second-order valence-corrected chi connectivity index (χ2v) is 8.22. The summed E-state index contributed by atoms with van der Waals surface area (Å²) in [7, 11) is 1.68. The van der Waals surface area contributed by atoms with E-state index in [2.05, 4.69) is 33.2 Å². The number of piperidine rings is 1. The van der Waals surface area contributed by atoms with Gasteiger partial charge >= 0.3 is 0 Å². The Balaban J connectivity index is 1.38. The van der Waals surface area contributed by atoms with E-state index >= 15 is 0 Å². The smallest absolute Gasteiger partial charge is 0.223 e. The average molecular weight is 411 g/mol. The first-order chi connectivity index (χ1) is 14.2. The molecule has 0 spiro atoms. The fourth-order valence-electron chi connectivity index (χ4n) is 3.81. The second-order valence-electron chi connectivity index (χ2n) is 7.28. The Bertz CT molecular complexity index is 995. The Hall–Kier alpha value is -2.67. The summed E-state index contributed by atoms with van der Waals surface area (Å²) in [5.41, 5.74) is 3.06. The second kappa shape index (κ2) is 8.78. The number of methoxy groups -OCH3 is 1. The van der Waals surface area contributed by atoms with Crippen molar-refractivity contribution in [1.29, 1.82) is 0 Å². The largest absolute Gasteiger partial charge is 0.497 e. The molecule has 7 heteroatoms. The third kappa shape index (κ3) is 4.34. The van der Waals surface area contributed by atoms with E-state index in [-0.39, 0.29) is 11.8 Å². The predicted molar refractivity (Wildman–Crippen MR) is 117 cm³/mol. The van der Waals surface area contributed by atoms with Gasteiger partial charge in [0.05, 0.1) is 29.9 Å². The van der Waals surface area contributed by atoms with Crippen LogP contribution < -0.4 is 15.0 Å². The van der Waals surface area contributed by atoms with Crippen LogP contribution >= 0.6 is 11.3 Å². The highest BCUT2D eigenvalue weighted by Crippen LogP contribution is 2.31. The van der Waals surface area contributed by atoms with E-state index in [0.29, 0.717) is 6.54 Å². The fourth-order valence-corrected chi connectivity index (χ4v) is 4.56. The minimum Gasteiger partial charge on any atom is -0.497 e. The molecule has 6 nitrogen and oxygen atoms in total. The van der Waals surface area contributed by atoms with E-state index in [1.165, 1.54) is 0 Å². The third-order valence-corrected chi connectivity index (χ3v) is 6.52. The first-order valence-corrected chi connectivity index (χ1v) is 10.9. The van der Waals surface area contributed by atoms with Crippen LogP contribution in [-0.2, 0) is 17.8 Å². The quantitative estimate of drug-likeness (QED) is 0.670. The molecule has 0 saturated carbocycles. The maximum atomic E-state index is 12.6. The molecule has 1 fully saturated rings. The maximum absolute atomic E-state index is 12.6. The number of hydrogen-bond donors (Lipinski definition) is 1. The maximum Gasteiger partial charge on any atom is 0.223 e. The molecule has 4 rings (SSSR count). The standard InChI is InChI=1S/C22H26N4O2S/c1-3-21-25-16(14-29-21)13-24-22(27)15-7-10-26(11-8-15)20-6-9-23-19-5-4-17(28-2)12-18(19)20/h4-6,9,12,14-15H,3,7-8,10-11,13H2,1-2H3,(H,24,27). The number of benzene rings is 1. The number of nitrogens with zero attached hydrogens (tertiary/aromatic N) is 3. The molecule has 0 aliphatic carbocycles. The van der Waals surface area contributed by atoms with Crippen LogP contribution in [0, 0.1) is 5.92 Å². The summed E-state index contributed by atoms with van der Waals surface area (Å²) in [6.07, 6.45) is 4.47. The van der Waals surface area contributed by atoms with E-state index in [4.69, 9.17) is 4.74 Å². The molecule has 0 unspecified atom stereocenters. The molecule has 3 aromatic rings. The van der Waals surface area contributed by atoms with Crippen molar-refractivity contribution in [1.82, 2.24) is 15.3 Å². The number of aryl methyl sites for hydroxylation is 1. The highest BCUT2D eigenvalue weighted by Gasteiger charge is 2.26. The monoisotopic (exact) mass is 410 g/mol. The summed E-state index contributed by atoms with van der Waals surface area (Å²) in [6.45, 7) is 4.32. The topological polar surface area (TPSA) is 67.4 Å². The van der Waals surface area contributed by atoms with Crippen LogP contribution in [0.25, 0.3) is 10.9 Å². The lowest BCUT2D eigenvalue weighted by molar-refractivity contribution is -0.125. The number of ether oxygens (including phenoxy) is 1. The van der Waals surface area contributed by atoms with Crippen molar-refractivity contribution in [3.8, 4) is 5.75 Å². The van der Waals surface area contributed by atoms with Crippen LogP contribution in [0.5, 0.6) is 5.75 Å². The van der Waals surface area contributed by atoms with Gasteiger partial charge in [0, 0.05) is 41.7 Å². The van der Waals surface area contributed by atoms with Gasteiger partial charge in [-0.2, -0.15) is 0 Å². The number of anilines is 1. The molecule has 0 bridgehead atoms. The van der Waals surface area contributed by atoms with Crippen molar-refractivity contribution in [2.24, 2.45) is 5.92 Å². The Morgan fingerprint density at radius 3 is 2.86 bits per heavy atom. The molecule has 1 aliphatic heterocycles. The number of pyridine rings is 1. The normalized spacial score (nSPS) is 14.9. The number of nitrogens with one attached hydrogen (secondary N) is 1. The third-order valence-electron chi connectivity index (χ3n) is 5.48. The van der Waals surface area contributed by atoms with E-state index in [0.717, 1.165) is 65.4 Å². The molecule has 0 radical (unpaired) electrons. The first kappa shape index (κ1) is 19.6. The highest BCUT2D eigenvalue weighted by molar-refractivity contribution is 7.09. The number of amides is 1. The van der Waals surface area contributed by atoms with Crippen LogP contribution in [0.1, 0.15) is 30.5 Å². The van der Waals surface area contributed by atoms with Gasteiger partial charge in [0.2, 0.25) is 5.91 Å². The summed E-state index contributed by atoms with van der Waals surface area (Å²) in [4.78, 5) is 23.9. The molecular weight excluding hydrogens is 384 g/mol. The highest BCUT2D eigenvalue weighted by atomic mass is 32.1. The van der Waals surface area contributed by atoms with Gasteiger partial charge in [-0.15, -0.1) is 11.3 Å². The lowest BCUT2D eigenvalue weighted by Crippen LogP contribution is -2.40. The van der Waals surface area contributed by atoms with Crippen LogP contribution in [-0.4, -0.2) is 36.1 Å². The SMILES string of the molecule is CCc1nc(CNC(=O)C2CCN(c3ccnc4ccc(OC)cc34)CC2)cs1. The lowest BCUT2D eigenvalue weighted by atomic mass is 9.95. The van der Waals surface area contributed by atoms with E-state index in [1.54, 1.807) is 18.4 Å². The van der Waals surface area contributed by atoms with Crippen molar-refractivity contribution in [2.45, 2.75) is 32.7 Å². The Morgan fingerprint density at radius 2 is 2.14 bits per heavy atom. The number of carbonyl (C=O) groups is 1. The van der Waals surface area contributed by atoms with Crippen molar-refractivity contribution in [3.63, 3.8) is 0 Å². The zero-order valence-electron chi connectivity index (χ0n) is 16.9. The average Bonchev–Trinajstić information content (AvgIpc) is 3.25. The molecule has 0 atom stereocenters. The van der Waals surface area contributed by atoms with Crippen molar-refractivity contribution < 1.29 is 9.53 Å². The van der Waals surface area contributed by atoms with Gasteiger partial charge in [-0.05, 0) is 43.5 Å². The molecule has 1 aromatic carbocycles. The summed E-state index contributed by atoms with van der Waals surface area (Å²) < 4.78 is 5.38. The molecule has 1 amide bonds. The minimum atomic E-state index is 0.0539. The van der Waals surface area contributed by atoms with Gasteiger partial charge in [0.25, 0.3) is 0 Å². The van der Waals surface area contributed by atoms with E-state index < -0.39 is 0 Å². The van der Waals surface area contributed by atoms with Gasteiger partial charge in [-0.25, -0.2) is 4.98 Å². The Kier molecular flexibility index (Phi) is 5.94. The number of thiazole rings is 1. The minimum absolute atomic E-state index is 0.0539. The van der Waals surface area contributed by atoms with Gasteiger partial charge < -0.3 is 15.0 Å². The van der Waals surface area contributed by atoms with Gasteiger partial charge in [-0.3, -0.25) is 9.78 Å². The summed E-state index contributed by atoms with van der Waals surface area (Å²) >= 11 is 1.66. The van der Waals surface area contributed by atoms with Gasteiger partial charge in [-0.1, -0.05) is 6.92 Å². The van der Waals surface area contributed by atoms with Crippen LogP contribution in [0.4, 0.5) is 5.69 Å². The number of fused-ring (bicyclic) bond motifs is 1. The Morgan fingerprint density at radius 1 is 1.31 bits per heavy atom. The first-order valence-electron chi connectivity index (χ1n) is 10.1. The number of rotatable bonds is 6. The lowest BCUT2D eigenvalue weighted by Gasteiger charge is -2.33. The zero-order chi connectivity index (χ0) is 20.2. The molecule has 1 saturated heterocycles. The van der Waals surface area contributed by atoms with Crippen LogP contribution in [0.3, 0.4) is 0 Å². The summed E-state index contributed by atoms with van der Waals surface area (Å²) in [5, 5.41) is 7.30. The molecule has 152 valence electrons. The Labute approximate surface area is 174 Å².